The summed E-state index contributed by atoms with van der Waals surface area (Å²) in [4.78, 5) is 28.0. The molecule has 10 heteroatoms. The Kier molecular flexibility index (Phi) is 6.89. The molecule has 1 N–H and O–H groups in total. The van der Waals surface area contributed by atoms with Crippen LogP contribution in [0.3, 0.4) is 0 Å². The van der Waals surface area contributed by atoms with E-state index in [-0.39, 0.29) is 28.1 Å². The van der Waals surface area contributed by atoms with Gasteiger partial charge in [0.25, 0.3) is 5.78 Å². The van der Waals surface area contributed by atoms with Crippen molar-refractivity contribution in [1.29, 1.82) is 0 Å². The number of halogens is 1. The largest absolute Gasteiger partial charge is 0.507 e. The molecule has 1 amide bonds. The zero-order valence-electron chi connectivity index (χ0n) is 21.6. The molecule has 4 aromatic rings. The second-order valence-electron chi connectivity index (χ2n) is 9.77. The summed E-state index contributed by atoms with van der Waals surface area (Å²) >= 11 is 2.59. The van der Waals surface area contributed by atoms with Gasteiger partial charge in [-0.1, -0.05) is 71.1 Å². The maximum absolute atomic E-state index is 15.2. The van der Waals surface area contributed by atoms with Crippen molar-refractivity contribution < 1.29 is 23.8 Å². The van der Waals surface area contributed by atoms with Crippen LogP contribution in [0, 0.1) is 12.7 Å². The Labute approximate surface area is 238 Å². The van der Waals surface area contributed by atoms with Gasteiger partial charge in [0.2, 0.25) is 5.13 Å². The first kappa shape index (κ1) is 26.2. The van der Waals surface area contributed by atoms with E-state index in [4.69, 9.17) is 4.74 Å². The van der Waals surface area contributed by atoms with E-state index >= 15 is 4.39 Å². The number of carbonyl (C=O) groups excluding carboxylic acids is 2. The molecule has 1 fully saturated rings. The number of nitrogens with zero attached hydrogens (tertiary/aromatic N) is 3. The fourth-order valence-corrected chi connectivity index (χ4v) is 6.76. The number of carbonyl (C=O) groups is 2. The molecule has 0 unspecified atom stereocenters. The number of aryl methyl sites for hydroxylation is 1. The number of aliphatic hydroxyl groups is 1. The van der Waals surface area contributed by atoms with Crippen LogP contribution >= 0.6 is 23.1 Å². The number of aromatic nitrogens is 2. The summed E-state index contributed by atoms with van der Waals surface area (Å²) in [5.41, 5.74) is 3.37. The number of hydrogen-bond donors (Lipinski definition) is 1. The number of rotatable bonds is 6. The lowest BCUT2D eigenvalue weighted by Crippen LogP contribution is -2.29. The number of benzene rings is 3. The SMILES string of the molecule is Cc1ccc(CSc2nnc(N3C(=O)C(=O)/C(=C(/O)c4ccc5c(c4)C[C@@H](C)O5)[C@@H]3c3ccccc3F)s2)cc1. The predicted molar refractivity (Wildman–Crippen MR) is 152 cm³/mol. The molecule has 2 aliphatic heterocycles. The summed E-state index contributed by atoms with van der Waals surface area (Å²) in [5.74, 6) is -1.46. The number of anilines is 1. The Bertz CT molecular complexity index is 1670. The Balaban J connectivity index is 1.39. The van der Waals surface area contributed by atoms with Crippen molar-refractivity contribution in [2.24, 2.45) is 0 Å². The van der Waals surface area contributed by atoms with Gasteiger partial charge in [0.1, 0.15) is 29.5 Å². The molecule has 40 heavy (non-hydrogen) atoms. The van der Waals surface area contributed by atoms with E-state index in [1.165, 1.54) is 35.5 Å². The summed E-state index contributed by atoms with van der Waals surface area (Å²) in [6, 6.07) is 17.9. The number of ether oxygens (including phenoxy) is 1. The molecule has 1 aromatic heterocycles. The molecule has 2 aliphatic rings. The van der Waals surface area contributed by atoms with E-state index in [9.17, 15) is 14.7 Å². The fourth-order valence-electron chi connectivity index (χ4n) is 4.93. The van der Waals surface area contributed by atoms with Crippen LogP contribution in [0.2, 0.25) is 0 Å². The molecule has 0 radical (unpaired) electrons. The van der Waals surface area contributed by atoms with Crippen LogP contribution in [-0.4, -0.2) is 33.1 Å². The van der Waals surface area contributed by atoms with Crippen molar-refractivity contribution in [2.45, 2.75) is 42.5 Å². The minimum atomic E-state index is -1.22. The molecule has 0 bridgehead atoms. The van der Waals surface area contributed by atoms with Crippen molar-refractivity contribution >= 4 is 45.7 Å². The van der Waals surface area contributed by atoms with Crippen LogP contribution < -0.4 is 9.64 Å². The van der Waals surface area contributed by atoms with Gasteiger partial charge < -0.3 is 9.84 Å². The van der Waals surface area contributed by atoms with E-state index in [1.807, 2.05) is 38.1 Å². The standard InChI is InChI=1S/C30H24FN3O4S2/c1-16-7-9-18(10-8-16)15-39-30-33-32-29(40-30)34-25(21-5-3-4-6-22(21)31)24(27(36)28(34)37)26(35)19-11-12-23-20(14-19)13-17(2)38-23/h3-12,14,17,25,35H,13,15H2,1-2H3/b26-24+/t17-,25+/m1/s1. The van der Waals surface area contributed by atoms with Gasteiger partial charge in [0, 0.05) is 23.3 Å². The third-order valence-corrected chi connectivity index (χ3v) is 9.03. The number of thioether (sulfide) groups is 1. The fraction of sp³-hybridized carbons (Fsp3) is 0.200. The monoisotopic (exact) mass is 573 g/mol. The lowest BCUT2D eigenvalue weighted by molar-refractivity contribution is -0.132. The number of fused-ring (bicyclic) bond motifs is 1. The molecule has 0 aliphatic carbocycles. The highest BCUT2D eigenvalue weighted by molar-refractivity contribution is 8.00. The van der Waals surface area contributed by atoms with Crippen molar-refractivity contribution in [1.82, 2.24) is 10.2 Å². The van der Waals surface area contributed by atoms with E-state index in [1.54, 1.807) is 24.3 Å². The Morgan fingerprint density at radius 3 is 2.67 bits per heavy atom. The quantitative estimate of drug-likeness (QED) is 0.0961. The molecule has 0 saturated carbocycles. The highest BCUT2D eigenvalue weighted by Crippen LogP contribution is 2.45. The number of amides is 1. The normalized spacial score (nSPS) is 19.6. The molecule has 3 heterocycles. The van der Waals surface area contributed by atoms with Crippen LogP contribution in [0.4, 0.5) is 9.52 Å². The molecule has 1 saturated heterocycles. The van der Waals surface area contributed by atoms with Crippen molar-refractivity contribution in [3.05, 3.63) is 106 Å². The first-order valence-corrected chi connectivity index (χ1v) is 14.5. The van der Waals surface area contributed by atoms with Crippen LogP contribution in [0.1, 0.15) is 40.8 Å². The summed E-state index contributed by atoms with van der Waals surface area (Å²) in [6.45, 7) is 3.96. The smallest absolute Gasteiger partial charge is 0.301 e. The molecule has 2 atom stereocenters. The molecule has 6 rings (SSSR count). The van der Waals surface area contributed by atoms with Gasteiger partial charge in [-0.15, -0.1) is 10.2 Å². The number of hydrogen-bond acceptors (Lipinski definition) is 8. The van der Waals surface area contributed by atoms with Gasteiger partial charge in [-0.25, -0.2) is 4.39 Å². The topological polar surface area (TPSA) is 92.6 Å². The van der Waals surface area contributed by atoms with E-state index in [2.05, 4.69) is 10.2 Å². The second kappa shape index (κ2) is 10.5. The van der Waals surface area contributed by atoms with Gasteiger partial charge in [0.05, 0.1) is 5.57 Å². The zero-order valence-corrected chi connectivity index (χ0v) is 23.3. The van der Waals surface area contributed by atoms with Gasteiger partial charge in [-0.3, -0.25) is 14.5 Å². The second-order valence-corrected chi connectivity index (χ2v) is 11.9. The third-order valence-electron chi connectivity index (χ3n) is 6.90. The van der Waals surface area contributed by atoms with Crippen LogP contribution in [0.25, 0.3) is 5.76 Å². The first-order valence-electron chi connectivity index (χ1n) is 12.7. The molecule has 202 valence electrons. The van der Waals surface area contributed by atoms with Crippen molar-refractivity contribution in [3.8, 4) is 5.75 Å². The number of aliphatic hydroxyl groups excluding tert-OH is 1. The van der Waals surface area contributed by atoms with Crippen molar-refractivity contribution in [2.75, 3.05) is 4.90 Å². The van der Waals surface area contributed by atoms with Gasteiger partial charge in [0.15, 0.2) is 4.34 Å². The molecular weight excluding hydrogens is 549 g/mol. The Morgan fingerprint density at radius 2 is 1.90 bits per heavy atom. The van der Waals surface area contributed by atoms with Crippen LogP contribution in [0.5, 0.6) is 5.75 Å². The number of Topliss-reactive ketones (excluding diaryl/α,β-unsaturated/α-hetero) is 1. The molecule has 0 spiro atoms. The lowest BCUT2D eigenvalue weighted by Gasteiger charge is -2.22. The van der Waals surface area contributed by atoms with E-state index in [0.29, 0.717) is 27.8 Å². The average molecular weight is 574 g/mol. The zero-order chi connectivity index (χ0) is 28.0. The first-order chi connectivity index (χ1) is 19.3. The summed E-state index contributed by atoms with van der Waals surface area (Å²) in [5, 5.41) is 20.0. The van der Waals surface area contributed by atoms with Crippen molar-refractivity contribution in [3.63, 3.8) is 0 Å². The Morgan fingerprint density at radius 1 is 1.12 bits per heavy atom. The summed E-state index contributed by atoms with van der Waals surface area (Å²) in [7, 11) is 0. The highest BCUT2D eigenvalue weighted by atomic mass is 32.2. The van der Waals surface area contributed by atoms with Gasteiger partial charge >= 0.3 is 5.91 Å². The summed E-state index contributed by atoms with van der Waals surface area (Å²) in [6.07, 6.45) is 0.641. The van der Waals surface area contributed by atoms with Crippen LogP contribution in [-0.2, 0) is 21.8 Å². The minimum Gasteiger partial charge on any atom is -0.507 e. The summed E-state index contributed by atoms with van der Waals surface area (Å²) < 4.78 is 21.5. The molecule has 7 nitrogen and oxygen atoms in total. The molecule has 3 aromatic carbocycles. The molecular formula is C30H24FN3O4S2. The lowest BCUT2D eigenvalue weighted by atomic mass is 9.94. The number of ketones is 1. The maximum atomic E-state index is 15.2. The van der Waals surface area contributed by atoms with E-state index in [0.717, 1.165) is 27.4 Å². The van der Waals surface area contributed by atoms with Gasteiger partial charge in [-0.05, 0) is 49.2 Å². The third kappa shape index (κ3) is 4.77. The van der Waals surface area contributed by atoms with Gasteiger partial charge in [-0.2, -0.15) is 0 Å². The van der Waals surface area contributed by atoms with E-state index < -0.39 is 23.5 Å². The highest BCUT2D eigenvalue weighted by Gasteiger charge is 2.49. The maximum Gasteiger partial charge on any atom is 0.301 e. The minimum absolute atomic E-state index is 0.00753. The average Bonchev–Trinajstić information content (AvgIpc) is 3.63. The van der Waals surface area contributed by atoms with Crippen LogP contribution in [0.15, 0.2) is 76.6 Å². The Hall–Kier alpha value is -4.02. The predicted octanol–water partition coefficient (Wildman–Crippen LogP) is 6.23.